The molecule has 4 atom stereocenters. The first-order valence-electron chi connectivity index (χ1n) is 4.27. The van der Waals surface area contributed by atoms with Crippen molar-refractivity contribution in [2.75, 3.05) is 13.2 Å². The summed E-state index contributed by atoms with van der Waals surface area (Å²) in [5.41, 5.74) is 0. The number of hydrogen-bond donors (Lipinski definition) is 6. The van der Waals surface area contributed by atoms with Crippen LogP contribution in [0.5, 0.6) is 0 Å². The van der Waals surface area contributed by atoms with Gasteiger partial charge in [0.25, 0.3) is 0 Å². The number of ether oxygens (including phenoxy) is 1. The van der Waals surface area contributed by atoms with E-state index in [9.17, 15) is 19.9 Å². The zero-order valence-corrected chi connectivity index (χ0v) is 8.90. The van der Waals surface area contributed by atoms with Gasteiger partial charge in [0.2, 0.25) is 5.79 Å². The Morgan fingerprint density at radius 2 is 1.94 bits per heavy atom. The van der Waals surface area contributed by atoms with Gasteiger partial charge in [-0.25, -0.2) is 4.57 Å². The molecule has 1 aliphatic rings. The van der Waals surface area contributed by atoms with Gasteiger partial charge in [-0.1, -0.05) is 0 Å². The minimum Gasteiger partial charge on any atom is -0.394 e. The van der Waals surface area contributed by atoms with Gasteiger partial charge in [0.1, 0.15) is 24.9 Å². The van der Waals surface area contributed by atoms with Gasteiger partial charge in [-0.15, -0.1) is 0 Å². The maximum absolute atomic E-state index is 10.4. The molecule has 0 amide bonds. The SMILES string of the molecule is O=P(O)(O)OCC1(O)O[C@@H](CO)[C@H](O)[C@H]1O. The molecule has 1 heterocycles. The van der Waals surface area contributed by atoms with Crippen molar-refractivity contribution >= 4 is 7.82 Å². The van der Waals surface area contributed by atoms with Crippen LogP contribution in [0.2, 0.25) is 0 Å². The van der Waals surface area contributed by atoms with Crippen LogP contribution in [0.1, 0.15) is 0 Å². The molecular formula is C6H13O9P. The average Bonchev–Trinajstić information content (AvgIpc) is 2.40. The summed E-state index contributed by atoms with van der Waals surface area (Å²) in [5, 5.41) is 36.9. The maximum Gasteiger partial charge on any atom is 0.469 e. The lowest BCUT2D eigenvalue weighted by molar-refractivity contribution is -0.245. The largest absolute Gasteiger partial charge is 0.469 e. The molecule has 0 saturated carbocycles. The van der Waals surface area contributed by atoms with Crippen LogP contribution in [-0.4, -0.2) is 67.5 Å². The third-order valence-electron chi connectivity index (χ3n) is 2.14. The van der Waals surface area contributed by atoms with Gasteiger partial charge in [0, 0.05) is 0 Å². The molecule has 0 spiro atoms. The van der Waals surface area contributed by atoms with Crippen molar-refractivity contribution in [3.8, 4) is 0 Å². The Hall–Kier alpha value is -0.0900. The van der Waals surface area contributed by atoms with Gasteiger partial charge in [-0.3, -0.25) is 4.52 Å². The van der Waals surface area contributed by atoms with E-state index in [1.807, 2.05) is 0 Å². The molecule has 0 aromatic carbocycles. The van der Waals surface area contributed by atoms with E-state index in [2.05, 4.69) is 9.26 Å². The van der Waals surface area contributed by atoms with Crippen molar-refractivity contribution in [2.24, 2.45) is 0 Å². The van der Waals surface area contributed by atoms with E-state index in [0.717, 1.165) is 0 Å². The van der Waals surface area contributed by atoms with Crippen LogP contribution >= 0.6 is 7.82 Å². The Bertz CT molecular complexity index is 290. The highest BCUT2D eigenvalue weighted by Gasteiger charge is 2.54. The van der Waals surface area contributed by atoms with E-state index < -0.39 is 45.1 Å². The minimum atomic E-state index is -4.83. The lowest BCUT2D eigenvalue weighted by atomic mass is 10.1. The van der Waals surface area contributed by atoms with Gasteiger partial charge in [-0.2, -0.15) is 0 Å². The summed E-state index contributed by atoms with van der Waals surface area (Å²) in [4.78, 5) is 16.8. The lowest BCUT2D eigenvalue weighted by Crippen LogP contribution is -2.46. The zero-order chi connectivity index (χ0) is 12.6. The molecule has 0 bridgehead atoms. The predicted octanol–water partition coefficient (Wildman–Crippen LogP) is -3.10. The molecule has 0 aliphatic carbocycles. The number of aliphatic hydroxyl groups is 4. The first kappa shape index (κ1) is 14.0. The van der Waals surface area contributed by atoms with Gasteiger partial charge >= 0.3 is 7.82 Å². The molecule has 6 N–H and O–H groups in total. The monoisotopic (exact) mass is 260 g/mol. The van der Waals surface area contributed by atoms with Crippen molar-refractivity contribution in [1.29, 1.82) is 0 Å². The Balaban J connectivity index is 2.67. The summed E-state index contributed by atoms with van der Waals surface area (Å²) in [5.74, 6) is -2.46. The molecule has 0 radical (unpaired) electrons. The number of phosphoric acid groups is 1. The second-order valence-electron chi connectivity index (χ2n) is 3.38. The molecule has 10 heteroatoms. The summed E-state index contributed by atoms with van der Waals surface area (Å²) in [6.07, 6.45) is -4.66. The van der Waals surface area contributed by atoms with E-state index in [-0.39, 0.29) is 0 Å². The maximum atomic E-state index is 10.4. The number of aliphatic hydroxyl groups excluding tert-OH is 3. The Labute approximate surface area is 90.1 Å². The summed E-state index contributed by atoms with van der Waals surface area (Å²) < 4.78 is 19.0. The molecule has 9 nitrogen and oxygen atoms in total. The van der Waals surface area contributed by atoms with Crippen molar-refractivity contribution < 1.29 is 44.0 Å². The van der Waals surface area contributed by atoms with E-state index in [0.29, 0.717) is 0 Å². The molecule has 1 unspecified atom stereocenters. The number of hydrogen-bond acceptors (Lipinski definition) is 7. The molecule has 1 saturated heterocycles. The highest BCUT2D eigenvalue weighted by atomic mass is 31.2. The van der Waals surface area contributed by atoms with Crippen LogP contribution in [0.15, 0.2) is 0 Å². The van der Waals surface area contributed by atoms with Crippen LogP contribution < -0.4 is 0 Å². The fourth-order valence-corrected chi connectivity index (χ4v) is 1.67. The Morgan fingerprint density at radius 1 is 1.38 bits per heavy atom. The standard InChI is InChI=1S/C6H13O9P/c7-1-3-4(8)5(9)6(10,15-3)2-14-16(11,12)13/h3-5,7-10H,1-2H2,(H2,11,12,13)/t3-,4-,5+,6?/m0/s1. The van der Waals surface area contributed by atoms with Crippen LogP contribution in [0.4, 0.5) is 0 Å². The molecule has 1 fully saturated rings. The third kappa shape index (κ3) is 2.98. The Morgan fingerprint density at radius 3 is 2.31 bits per heavy atom. The fraction of sp³-hybridized carbons (Fsp3) is 1.00. The van der Waals surface area contributed by atoms with Crippen molar-refractivity contribution in [2.45, 2.75) is 24.1 Å². The number of rotatable bonds is 4. The molecule has 0 aromatic rings. The predicted molar refractivity (Wildman–Crippen MR) is 46.9 cm³/mol. The molecular weight excluding hydrogens is 247 g/mol. The molecule has 16 heavy (non-hydrogen) atoms. The summed E-state index contributed by atoms with van der Waals surface area (Å²) >= 11 is 0. The van der Waals surface area contributed by atoms with Gasteiger partial charge in [0.15, 0.2) is 0 Å². The van der Waals surface area contributed by atoms with E-state index in [1.165, 1.54) is 0 Å². The van der Waals surface area contributed by atoms with Crippen molar-refractivity contribution in [3.05, 3.63) is 0 Å². The zero-order valence-electron chi connectivity index (χ0n) is 8.00. The van der Waals surface area contributed by atoms with E-state index in [1.54, 1.807) is 0 Å². The fourth-order valence-electron chi connectivity index (χ4n) is 1.31. The summed E-state index contributed by atoms with van der Waals surface area (Å²) in [6, 6.07) is 0. The average molecular weight is 260 g/mol. The smallest absolute Gasteiger partial charge is 0.394 e. The lowest BCUT2D eigenvalue weighted by Gasteiger charge is -2.25. The minimum absolute atomic E-state index is 0.670. The second kappa shape index (κ2) is 4.65. The number of phosphoric ester groups is 1. The summed E-state index contributed by atoms with van der Waals surface area (Å²) in [7, 11) is -4.83. The van der Waals surface area contributed by atoms with E-state index in [4.69, 9.17) is 14.9 Å². The molecule has 1 aliphatic heterocycles. The first-order chi connectivity index (χ1) is 7.19. The molecule has 96 valence electrons. The first-order valence-corrected chi connectivity index (χ1v) is 5.80. The quantitative estimate of drug-likeness (QED) is 0.288. The molecule has 0 aromatic heterocycles. The summed E-state index contributed by atoms with van der Waals surface area (Å²) in [6.45, 7) is -1.71. The highest BCUT2D eigenvalue weighted by Crippen LogP contribution is 2.39. The van der Waals surface area contributed by atoms with Crippen LogP contribution in [0.3, 0.4) is 0 Å². The highest BCUT2D eigenvalue weighted by molar-refractivity contribution is 7.46. The van der Waals surface area contributed by atoms with Crippen molar-refractivity contribution in [3.63, 3.8) is 0 Å². The normalized spacial score (nSPS) is 40.2. The van der Waals surface area contributed by atoms with Gasteiger partial charge in [-0.05, 0) is 0 Å². The molecule has 1 rings (SSSR count). The van der Waals surface area contributed by atoms with Crippen molar-refractivity contribution in [1.82, 2.24) is 0 Å². The topological polar surface area (TPSA) is 157 Å². The van der Waals surface area contributed by atoms with Crippen LogP contribution in [0.25, 0.3) is 0 Å². The van der Waals surface area contributed by atoms with Gasteiger partial charge < -0.3 is 34.9 Å². The Kier molecular flexibility index (Phi) is 4.06. The van der Waals surface area contributed by atoms with E-state index >= 15 is 0 Å². The second-order valence-corrected chi connectivity index (χ2v) is 4.62. The van der Waals surface area contributed by atoms with Crippen LogP contribution in [-0.2, 0) is 13.8 Å². The van der Waals surface area contributed by atoms with Crippen LogP contribution in [0, 0.1) is 0 Å². The van der Waals surface area contributed by atoms with Gasteiger partial charge in [0.05, 0.1) is 6.61 Å². The third-order valence-corrected chi connectivity index (χ3v) is 2.61.